The first-order chi connectivity index (χ1) is 12.6. The lowest BCUT2D eigenvalue weighted by Gasteiger charge is -2.09. The van der Waals surface area contributed by atoms with Crippen LogP contribution in [-0.2, 0) is 0 Å². The van der Waals surface area contributed by atoms with Gasteiger partial charge in [0.1, 0.15) is 5.75 Å². The van der Waals surface area contributed by atoms with Gasteiger partial charge in [-0.2, -0.15) is 0 Å². The van der Waals surface area contributed by atoms with Gasteiger partial charge >= 0.3 is 0 Å². The highest BCUT2D eigenvalue weighted by molar-refractivity contribution is 6.44. The van der Waals surface area contributed by atoms with Crippen molar-refractivity contribution >= 4 is 46.4 Å². The van der Waals surface area contributed by atoms with E-state index in [2.05, 4.69) is 20.6 Å². The van der Waals surface area contributed by atoms with Crippen molar-refractivity contribution in [1.29, 1.82) is 0 Å². The molecule has 132 valence electrons. The molecule has 0 saturated heterocycles. The lowest BCUT2D eigenvalue weighted by molar-refractivity contribution is 0.102. The second-order valence-electron chi connectivity index (χ2n) is 5.20. The van der Waals surface area contributed by atoms with E-state index in [4.69, 9.17) is 27.9 Å². The molecule has 1 amide bonds. The van der Waals surface area contributed by atoms with Gasteiger partial charge in [-0.1, -0.05) is 29.3 Å². The first-order valence-corrected chi connectivity index (χ1v) is 8.31. The molecular formula is C18H14Cl2N4O2. The molecule has 0 radical (unpaired) electrons. The summed E-state index contributed by atoms with van der Waals surface area (Å²) in [6, 6.07) is 12.3. The number of methoxy groups -OCH3 is 1. The molecule has 6 nitrogen and oxygen atoms in total. The number of amides is 1. The molecule has 0 aliphatic rings. The van der Waals surface area contributed by atoms with Crippen LogP contribution in [0.25, 0.3) is 0 Å². The number of anilines is 3. The van der Waals surface area contributed by atoms with Gasteiger partial charge in [0, 0.05) is 18.1 Å². The van der Waals surface area contributed by atoms with E-state index in [0.717, 1.165) is 11.4 Å². The summed E-state index contributed by atoms with van der Waals surface area (Å²) in [5.41, 5.74) is 1.51. The van der Waals surface area contributed by atoms with E-state index < -0.39 is 0 Å². The van der Waals surface area contributed by atoms with Gasteiger partial charge < -0.3 is 15.4 Å². The van der Waals surface area contributed by atoms with E-state index in [1.165, 1.54) is 12.4 Å². The fourth-order valence-electron chi connectivity index (χ4n) is 2.11. The predicted molar refractivity (Wildman–Crippen MR) is 103 cm³/mol. The summed E-state index contributed by atoms with van der Waals surface area (Å²) in [6.07, 6.45) is 2.85. The number of ether oxygens (including phenoxy) is 1. The molecule has 0 unspecified atom stereocenters. The summed E-state index contributed by atoms with van der Waals surface area (Å²) in [5.74, 6) is 0.737. The third kappa shape index (κ3) is 4.22. The van der Waals surface area contributed by atoms with Gasteiger partial charge in [0.25, 0.3) is 5.91 Å². The molecule has 8 heteroatoms. The quantitative estimate of drug-likeness (QED) is 0.656. The molecule has 3 rings (SSSR count). The summed E-state index contributed by atoms with van der Waals surface area (Å²) in [4.78, 5) is 20.6. The van der Waals surface area contributed by atoms with E-state index in [1.807, 2.05) is 24.3 Å². The molecule has 0 bridgehead atoms. The van der Waals surface area contributed by atoms with Gasteiger partial charge in [0.15, 0.2) is 0 Å². The Morgan fingerprint density at radius 2 is 1.73 bits per heavy atom. The molecule has 3 aromatic rings. The number of benzene rings is 2. The van der Waals surface area contributed by atoms with Crippen molar-refractivity contribution in [3.05, 3.63) is 70.5 Å². The van der Waals surface area contributed by atoms with Crippen LogP contribution in [-0.4, -0.2) is 23.0 Å². The van der Waals surface area contributed by atoms with E-state index in [0.29, 0.717) is 22.2 Å². The molecule has 2 aromatic carbocycles. The van der Waals surface area contributed by atoms with Crippen LogP contribution >= 0.6 is 23.2 Å². The molecule has 0 spiro atoms. The highest BCUT2D eigenvalue weighted by atomic mass is 35.5. The van der Waals surface area contributed by atoms with Crippen LogP contribution in [0.5, 0.6) is 5.75 Å². The van der Waals surface area contributed by atoms with Gasteiger partial charge in [-0.15, -0.1) is 0 Å². The van der Waals surface area contributed by atoms with Gasteiger partial charge in [-0.3, -0.25) is 4.79 Å². The maximum atomic E-state index is 12.3. The fraction of sp³-hybridized carbons (Fsp3) is 0.0556. The number of hydrogen-bond donors (Lipinski definition) is 2. The fourth-order valence-corrected chi connectivity index (χ4v) is 2.46. The van der Waals surface area contributed by atoms with Crippen molar-refractivity contribution in [3.63, 3.8) is 0 Å². The first kappa shape index (κ1) is 18.0. The normalized spacial score (nSPS) is 10.3. The summed E-state index contributed by atoms with van der Waals surface area (Å²) in [5, 5.41) is 6.36. The number of rotatable bonds is 5. The molecule has 1 heterocycles. The highest BCUT2D eigenvalue weighted by Gasteiger charge is 2.11. The first-order valence-electron chi connectivity index (χ1n) is 7.55. The monoisotopic (exact) mass is 388 g/mol. The minimum absolute atomic E-state index is 0.279. The van der Waals surface area contributed by atoms with Gasteiger partial charge in [0.05, 0.1) is 28.4 Å². The molecule has 0 fully saturated rings. The highest BCUT2D eigenvalue weighted by Crippen LogP contribution is 2.29. The summed E-state index contributed by atoms with van der Waals surface area (Å²) in [7, 11) is 1.60. The molecule has 0 saturated carbocycles. The van der Waals surface area contributed by atoms with Gasteiger partial charge in [-0.25, -0.2) is 9.97 Å². The number of carbonyl (C=O) groups is 1. The molecular weight excluding hydrogens is 375 g/mol. The van der Waals surface area contributed by atoms with Crippen LogP contribution in [0.2, 0.25) is 10.0 Å². The smallest absolute Gasteiger partial charge is 0.258 e. The summed E-state index contributed by atoms with van der Waals surface area (Å²) >= 11 is 12.0. The Bertz CT molecular complexity index is 915. The van der Waals surface area contributed by atoms with Crippen LogP contribution in [0.4, 0.5) is 17.3 Å². The second kappa shape index (κ2) is 8.03. The Kier molecular flexibility index (Phi) is 5.55. The Morgan fingerprint density at radius 3 is 2.38 bits per heavy atom. The van der Waals surface area contributed by atoms with Crippen LogP contribution in [0.1, 0.15) is 10.4 Å². The average Bonchev–Trinajstić information content (AvgIpc) is 2.66. The zero-order valence-electron chi connectivity index (χ0n) is 13.7. The Hall–Kier alpha value is -2.83. The Morgan fingerprint density at radius 1 is 1.04 bits per heavy atom. The van der Waals surface area contributed by atoms with Crippen molar-refractivity contribution in [3.8, 4) is 5.75 Å². The summed E-state index contributed by atoms with van der Waals surface area (Å²) < 4.78 is 5.10. The number of carbonyl (C=O) groups excluding carboxylic acids is 1. The maximum absolute atomic E-state index is 12.3. The zero-order valence-corrected chi connectivity index (χ0v) is 15.2. The SMILES string of the molecule is COc1ccc(Nc2ncc(C(=O)Nc3cccc(Cl)c3Cl)cn2)cc1. The number of aromatic nitrogens is 2. The van der Waals surface area contributed by atoms with Crippen LogP contribution in [0, 0.1) is 0 Å². The van der Waals surface area contributed by atoms with Crippen molar-refractivity contribution < 1.29 is 9.53 Å². The Balaban J connectivity index is 1.68. The van der Waals surface area contributed by atoms with Crippen LogP contribution in [0.15, 0.2) is 54.9 Å². The third-order valence-electron chi connectivity index (χ3n) is 3.46. The lowest BCUT2D eigenvalue weighted by atomic mass is 10.2. The predicted octanol–water partition coefficient (Wildman–Crippen LogP) is 4.79. The maximum Gasteiger partial charge on any atom is 0.258 e. The number of nitrogens with one attached hydrogen (secondary N) is 2. The second-order valence-corrected chi connectivity index (χ2v) is 5.99. The summed E-state index contributed by atoms with van der Waals surface area (Å²) in [6.45, 7) is 0. The zero-order chi connectivity index (χ0) is 18.5. The number of hydrogen-bond acceptors (Lipinski definition) is 5. The topological polar surface area (TPSA) is 76.1 Å². The van der Waals surface area contributed by atoms with E-state index in [9.17, 15) is 4.79 Å². The van der Waals surface area contributed by atoms with Crippen LogP contribution in [0.3, 0.4) is 0 Å². The third-order valence-corrected chi connectivity index (χ3v) is 4.28. The molecule has 26 heavy (non-hydrogen) atoms. The molecule has 0 aliphatic heterocycles. The van der Waals surface area contributed by atoms with E-state index in [-0.39, 0.29) is 10.9 Å². The van der Waals surface area contributed by atoms with Gasteiger partial charge in [-0.05, 0) is 36.4 Å². The van der Waals surface area contributed by atoms with Crippen molar-refractivity contribution in [1.82, 2.24) is 9.97 Å². The average molecular weight is 389 g/mol. The van der Waals surface area contributed by atoms with Crippen molar-refractivity contribution in [2.45, 2.75) is 0 Å². The van der Waals surface area contributed by atoms with E-state index in [1.54, 1.807) is 25.3 Å². The van der Waals surface area contributed by atoms with Crippen molar-refractivity contribution in [2.24, 2.45) is 0 Å². The van der Waals surface area contributed by atoms with E-state index >= 15 is 0 Å². The number of nitrogens with zero attached hydrogens (tertiary/aromatic N) is 2. The van der Waals surface area contributed by atoms with Gasteiger partial charge in [0.2, 0.25) is 5.95 Å². The molecule has 1 aromatic heterocycles. The van der Waals surface area contributed by atoms with Crippen molar-refractivity contribution in [2.75, 3.05) is 17.7 Å². The lowest BCUT2D eigenvalue weighted by Crippen LogP contribution is -2.13. The van der Waals surface area contributed by atoms with Crippen LogP contribution < -0.4 is 15.4 Å². The molecule has 0 aliphatic carbocycles. The standard InChI is InChI=1S/C18H14Cl2N4O2/c1-26-13-7-5-12(6-8-13)23-18-21-9-11(10-22-18)17(25)24-15-4-2-3-14(19)16(15)20/h2-10H,1H3,(H,24,25)(H,21,22,23). The minimum Gasteiger partial charge on any atom is -0.497 e. The molecule has 2 N–H and O–H groups in total. The minimum atomic E-state index is -0.384. The number of halogens is 2. The molecule has 0 atom stereocenters. The largest absolute Gasteiger partial charge is 0.497 e. The Labute approximate surface area is 160 Å².